The van der Waals surface area contributed by atoms with Crippen molar-refractivity contribution in [1.82, 2.24) is 4.98 Å². The molecule has 4 rings (SSSR count). The average molecular weight is 401 g/mol. The Labute approximate surface area is 173 Å². The van der Waals surface area contributed by atoms with Gasteiger partial charge in [0.25, 0.3) is 0 Å². The van der Waals surface area contributed by atoms with E-state index in [1.165, 1.54) is 11.3 Å². The summed E-state index contributed by atoms with van der Waals surface area (Å²) >= 11 is 1.53. The molecule has 0 spiro atoms. The number of nitrogens with zero attached hydrogens (tertiary/aromatic N) is 1. The number of anilines is 1. The van der Waals surface area contributed by atoms with Crippen LogP contribution in [0.15, 0.2) is 89.8 Å². The number of nitrogens with one attached hydrogen (secondary N) is 1. The van der Waals surface area contributed by atoms with E-state index in [1.807, 2.05) is 72.1 Å². The van der Waals surface area contributed by atoms with Gasteiger partial charge in [0.2, 0.25) is 5.91 Å². The van der Waals surface area contributed by atoms with Gasteiger partial charge in [-0.25, -0.2) is 4.98 Å². The molecule has 1 N–H and O–H groups in total. The first-order valence-corrected chi connectivity index (χ1v) is 10.3. The van der Waals surface area contributed by atoms with Crippen molar-refractivity contribution in [3.63, 3.8) is 0 Å². The molecule has 1 aromatic heterocycles. The number of benzene rings is 3. The number of thiazole rings is 1. The van der Waals surface area contributed by atoms with Crippen LogP contribution in [0.4, 0.5) is 5.69 Å². The van der Waals surface area contributed by atoms with Crippen LogP contribution in [0.2, 0.25) is 0 Å². The molecule has 0 radical (unpaired) electrons. The summed E-state index contributed by atoms with van der Waals surface area (Å²) in [7, 11) is 0. The predicted octanol–water partition coefficient (Wildman–Crippen LogP) is 5.57. The topological polar surface area (TPSA) is 51.2 Å². The molecule has 4 aromatic rings. The number of hydrogen-bond donors (Lipinski definition) is 1. The van der Waals surface area contributed by atoms with Crippen LogP contribution >= 0.6 is 11.3 Å². The number of amides is 1. The molecule has 0 bridgehead atoms. The Morgan fingerprint density at radius 3 is 2.38 bits per heavy atom. The standard InChI is InChI=1S/C24H20N2O2S/c27-24(14-18-10-12-20(13-11-18)19-6-2-1-3-7-19)26-22-8-4-5-9-23(22)28-15-21-16-29-17-25-21/h1-13,16-17H,14-15H2,(H,26,27). The van der Waals surface area contributed by atoms with Crippen molar-refractivity contribution in [1.29, 1.82) is 0 Å². The Kier molecular flexibility index (Phi) is 5.98. The molecule has 1 amide bonds. The number of para-hydroxylation sites is 2. The van der Waals surface area contributed by atoms with Gasteiger partial charge in [-0.2, -0.15) is 0 Å². The van der Waals surface area contributed by atoms with Gasteiger partial charge in [-0.15, -0.1) is 11.3 Å². The molecule has 0 unspecified atom stereocenters. The maximum Gasteiger partial charge on any atom is 0.228 e. The van der Waals surface area contributed by atoms with E-state index in [1.54, 1.807) is 5.51 Å². The number of hydrogen-bond acceptors (Lipinski definition) is 4. The van der Waals surface area contributed by atoms with Crippen molar-refractivity contribution >= 4 is 22.9 Å². The lowest BCUT2D eigenvalue weighted by atomic mass is 10.0. The molecule has 0 saturated heterocycles. The van der Waals surface area contributed by atoms with Crippen molar-refractivity contribution in [2.24, 2.45) is 0 Å². The molecule has 5 heteroatoms. The first-order valence-electron chi connectivity index (χ1n) is 9.31. The van der Waals surface area contributed by atoms with Gasteiger partial charge in [-0.05, 0) is 28.8 Å². The third kappa shape index (κ3) is 5.09. The van der Waals surface area contributed by atoms with E-state index in [0.717, 1.165) is 22.4 Å². The fourth-order valence-corrected chi connectivity index (χ4v) is 3.52. The highest BCUT2D eigenvalue weighted by molar-refractivity contribution is 7.07. The number of ether oxygens (including phenoxy) is 1. The summed E-state index contributed by atoms with van der Waals surface area (Å²) in [5.74, 6) is 0.551. The summed E-state index contributed by atoms with van der Waals surface area (Å²) in [4.78, 5) is 16.8. The van der Waals surface area contributed by atoms with E-state index in [-0.39, 0.29) is 5.91 Å². The predicted molar refractivity (Wildman–Crippen MR) is 117 cm³/mol. The van der Waals surface area contributed by atoms with Crippen molar-refractivity contribution < 1.29 is 9.53 Å². The molecule has 1 heterocycles. The molecule has 0 fully saturated rings. The number of aromatic nitrogens is 1. The van der Waals surface area contributed by atoms with Gasteiger partial charge >= 0.3 is 0 Å². The smallest absolute Gasteiger partial charge is 0.228 e. The van der Waals surface area contributed by atoms with Gasteiger partial charge in [0.05, 0.1) is 23.3 Å². The Morgan fingerprint density at radius 1 is 0.897 bits per heavy atom. The van der Waals surface area contributed by atoms with Gasteiger partial charge in [0, 0.05) is 5.38 Å². The Bertz CT molecular complexity index is 1060. The van der Waals surface area contributed by atoms with Crippen LogP contribution in [-0.2, 0) is 17.8 Å². The van der Waals surface area contributed by atoms with Crippen LogP contribution < -0.4 is 10.1 Å². The lowest BCUT2D eigenvalue weighted by Crippen LogP contribution is -2.15. The molecule has 0 aliphatic rings. The molecule has 0 aliphatic carbocycles. The SMILES string of the molecule is O=C(Cc1ccc(-c2ccccc2)cc1)Nc1ccccc1OCc1cscn1. The maximum atomic E-state index is 12.5. The first-order chi connectivity index (χ1) is 14.3. The summed E-state index contributed by atoms with van der Waals surface area (Å²) in [6, 6.07) is 25.7. The van der Waals surface area contributed by atoms with Crippen LogP contribution in [0.3, 0.4) is 0 Å². The quantitative estimate of drug-likeness (QED) is 0.441. The zero-order valence-electron chi connectivity index (χ0n) is 15.7. The molecule has 0 atom stereocenters. The second-order valence-corrected chi connectivity index (χ2v) is 7.27. The van der Waals surface area contributed by atoms with Crippen LogP contribution in [0.1, 0.15) is 11.3 Å². The van der Waals surface area contributed by atoms with E-state index >= 15 is 0 Å². The average Bonchev–Trinajstić information content (AvgIpc) is 3.28. The number of rotatable bonds is 7. The van der Waals surface area contributed by atoms with Crippen molar-refractivity contribution in [3.8, 4) is 16.9 Å². The van der Waals surface area contributed by atoms with Crippen LogP contribution in [0, 0.1) is 0 Å². The minimum absolute atomic E-state index is 0.0813. The normalized spacial score (nSPS) is 10.5. The molecule has 0 aliphatic heterocycles. The van der Waals surface area contributed by atoms with Crippen molar-refractivity contribution in [3.05, 3.63) is 101 Å². The summed E-state index contributed by atoms with van der Waals surface area (Å²) in [5, 5.41) is 4.90. The Hall–Kier alpha value is -3.44. The third-order valence-electron chi connectivity index (χ3n) is 4.45. The highest BCUT2D eigenvalue weighted by atomic mass is 32.1. The van der Waals surface area contributed by atoms with Gasteiger partial charge in [0.15, 0.2) is 0 Å². The molecule has 4 nitrogen and oxygen atoms in total. The van der Waals surface area contributed by atoms with E-state index in [9.17, 15) is 4.79 Å². The Morgan fingerprint density at radius 2 is 1.62 bits per heavy atom. The van der Waals surface area contributed by atoms with Gasteiger partial charge in [-0.1, -0.05) is 66.7 Å². The lowest BCUT2D eigenvalue weighted by molar-refractivity contribution is -0.115. The third-order valence-corrected chi connectivity index (χ3v) is 5.08. The Balaban J connectivity index is 1.38. The second kappa shape index (κ2) is 9.17. The van der Waals surface area contributed by atoms with Gasteiger partial charge < -0.3 is 10.1 Å². The molecular formula is C24H20N2O2S. The van der Waals surface area contributed by atoms with Crippen molar-refractivity contribution in [2.45, 2.75) is 13.0 Å². The zero-order valence-corrected chi connectivity index (χ0v) is 16.6. The van der Waals surface area contributed by atoms with E-state index < -0.39 is 0 Å². The monoisotopic (exact) mass is 400 g/mol. The van der Waals surface area contributed by atoms with E-state index in [2.05, 4.69) is 22.4 Å². The van der Waals surface area contributed by atoms with Crippen LogP contribution in [-0.4, -0.2) is 10.9 Å². The molecule has 0 saturated carbocycles. The summed E-state index contributed by atoms with van der Waals surface area (Å²) in [5.41, 5.74) is 6.56. The number of carbonyl (C=O) groups excluding carboxylic acids is 1. The van der Waals surface area contributed by atoms with Crippen LogP contribution in [0.5, 0.6) is 5.75 Å². The number of carbonyl (C=O) groups is 1. The maximum absolute atomic E-state index is 12.5. The lowest BCUT2D eigenvalue weighted by Gasteiger charge is -2.12. The minimum Gasteiger partial charge on any atom is -0.485 e. The minimum atomic E-state index is -0.0813. The molecule has 29 heavy (non-hydrogen) atoms. The second-order valence-electron chi connectivity index (χ2n) is 6.55. The fourth-order valence-electron chi connectivity index (χ4n) is 2.98. The van der Waals surface area contributed by atoms with E-state index in [4.69, 9.17) is 4.74 Å². The fraction of sp³-hybridized carbons (Fsp3) is 0.0833. The van der Waals surface area contributed by atoms with E-state index in [0.29, 0.717) is 24.5 Å². The highest BCUT2D eigenvalue weighted by Crippen LogP contribution is 2.25. The largest absolute Gasteiger partial charge is 0.485 e. The zero-order chi connectivity index (χ0) is 19.9. The van der Waals surface area contributed by atoms with Gasteiger partial charge in [-0.3, -0.25) is 4.79 Å². The highest BCUT2D eigenvalue weighted by Gasteiger charge is 2.09. The molecule has 3 aromatic carbocycles. The molecule has 144 valence electrons. The summed E-state index contributed by atoms with van der Waals surface area (Å²) < 4.78 is 5.83. The van der Waals surface area contributed by atoms with Gasteiger partial charge in [0.1, 0.15) is 12.4 Å². The van der Waals surface area contributed by atoms with Crippen molar-refractivity contribution in [2.75, 3.05) is 5.32 Å². The summed E-state index contributed by atoms with van der Waals surface area (Å²) in [6.45, 7) is 0.372. The molecular weight excluding hydrogens is 380 g/mol. The first kappa shape index (κ1) is 18.9. The van der Waals surface area contributed by atoms with Crippen LogP contribution in [0.25, 0.3) is 11.1 Å². The summed E-state index contributed by atoms with van der Waals surface area (Å²) in [6.07, 6.45) is 0.301.